The second-order valence-electron chi connectivity index (χ2n) is 4.85. The summed E-state index contributed by atoms with van der Waals surface area (Å²) in [7, 11) is 1.70. The summed E-state index contributed by atoms with van der Waals surface area (Å²) < 4.78 is 5.40. The first kappa shape index (κ1) is 19.2. The third-order valence-electron chi connectivity index (χ3n) is 3.50. The zero-order valence-corrected chi connectivity index (χ0v) is 14.9. The van der Waals surface area contributed by atoms with Crippen molar-refractivity contribution in [3.8, 4) is 17.0 Å². The lowest BCUT2D eigenvalue weighted by Crippen LogP contribution is -2.42. The van der Waals surface area contributed by atoms with Crippen molar-refractivity contribution in [1.82, 2.24) is 15.2 Å². The molecule has 0 amide bonds. The summed E-state index contributed by atoms with van der Waals surface area (Å²) in [5.41, 5.74) is 2.08. The molecule has 1 aromatic heterocycles. The highest BCUT2D eigenvalue weighted by Crippen LogP contribution is 2.30. The molecule has 0 atom stereocenters. The van der Waals surface area contributed by atoms with Crippen LogP contribution in [0.15, 0.2) is 29.6 Å². The van der Waals surface area contributed by atoms with E-state index in [1.54, 1.807) is 18.4 Å². The quantitative estimate of drug-likeness (QED) is 0.907. The van der Waals surface area contributed by atoms with E-state index in [2.05, 4.69) is 21.7 Å². The lowest BCUT2D eigenvalue weighted by Gasteiger charge is -2.26. The van der Waals surface area contributed by atoms with E-state index in [0.717, 1.165) is 49.7 Å². The van der Waals surface area contributed by atoms with Crippen molar-refractivity contribution in [2.24, 2.45) is 0 Å². The SMILES string of the molecule is COc1ccccc1-c1csc(CN2CCNCC2)n1.Cl.Cl. The van der Waals surface area contributed by atoms with Gasteiger partial charge in [0.05, 0.1) is 19.3 Å². The van der Waals surface area contributed by atoms with Crippen molar-refractivity contribution in [3.63, 3.8) is 0 Å². The van der Waals surface area contributed by atoms with Crippen LogP contribution >= 0.6 is 36.2 Å². The summed E-state index contributed by atoms with van der Waals surface area (Å²) in [5.74, 6) is 0.881. The van der Waals surface area contributed by atoms with Crippen LogP contribution in [0.25, 0.3) is 11.3 Å². The summed E-state index contributed by atoms with van der Waals surface area (Å²) in [6.45, 7) is 5.30. The average molecular weight is 362 g/mol. The van der Waals surface area contributed by atoms with Crippen LogP contribution in [0.5, 0.6) is 5.75 Å². The molecule has 0 spiro atoms. The van der Waals surface area contributed by atoms with Crippen LogP contribution < -0.4 is 10.1 Å². The molecule has 1 fully saturated rings. The Morgan fingerprint density at radius 2 is 1.95 bits per heavy atom. The number of thiazole rings is 1. The van der Waals surface area contributed by atoms with E-state index in [-0.39, 0.29) is 24.8 Å². The van der Waals surface area contributed by atoms with Crippen LogP contribution in [-0.2, 0) is 6.54 Å². The van der Waals surface area contributed by atoms with Crippen molar-refractivity contribution >= 4 is 36.2 Å². The number of ether oxygens (including phenoxy) is 1. The van der Waals surface area contributed by atoms with E-state index in [1.807, 2.05) is 18.2 Å². The van der Waals surface area contributed by atoms with E-state index < -0.39 is 0 Å². The predicted molar refractivity (Wildman–Crippen MR) is 96.7 cm³/mol. The van der Waals surface area contributed by atoms with Gasteiger partial charge in [-0.25, -0.2) is 4.98 Å². The summed E-state index contributed by atoms with van der Waals surface area (Å²) in [4.78, 5) is 7.21. The maximum absolute atomic E-state index is 5.40. The van der Waals surface area contributed by atoms with Crippen LogP contribution in [0.1, 0.15) is 5.01 Å². The molecule has 1 aliphatic heterocycles. The summed E-state index contributed by atoms with van der Waals surface area (Å²) in [5, 5.41) is 6.67. The Kier molecular flexibility index (Phi) is 8.14. The highest BCUT2D eigenvalue weighted by molar-refractivity contribution is 7.09. The van der Waals surface area contributed by atoms with Gasteiger partial charge < -0.3 is 10.1 Å². The third-order valence-corrected chi connectivity index (χ3v) is 4.34. The Morgan fingerprint density at radius 3 is 2.68 bits per heavy atom. The molecule has 22 heavy (non-hydrogen) atoms. The van der Waals surface area contributed by atoms with Crippen molar-refractivity contribution in [2.45, 2.75) is 6.54 Å². The van der Waals surface area contributed by atoms with Gasteiger partial charge >= 0.3 is 0 Å². The van der Waals surface area contributed by atoms with Gasteiger partial charge in [0.15, 0.2) is 0 Å². The van der Waals surface area contributed by atoms with E-state index in [9.17, 15) is 0 Å². The molecule has 2 aromatic rings. The topological polar surface area (TPSA) is 37.4 Å². The van der Waals surface area contributed by atoms with Gasteiger partial charge in [0.2, 0.25) is 0 Å². The molecule has 1 aliphatic rings. The molecule has 0 saturated carbocycles. The zero-order chi connectivity index (χ0) is 13.8. The van der Waals surface area contributed by atoms with Crippen molar-refractivity contribution in [1.29, 1.82) is 0 Å². The van der Waals surface area contributed by atoms with Crippen LogP contribution in [0.2, 0.25) is 0 Å². The third kappa shape index (κ3) is 4.57. The molecule has 3 rings (SSSR count). The number of halogens is 2. The summed E-state index contributed by atoms with van der Waals surface area (Å²) >= 11 is 1.73. The van der Waals surface area contributed by atoms with Crippen LogP contribution in [0.4, 0.5) is 0 Å². The monoisotopic (exact) mass is 361 g/mol. The van der Waals surface area contributed by atoms with Crippen molar-refractivity contribution in [3.05, 3.63) is 34.7 Å². The second kappa shape index (κ2) is 9.33. The molecule has 4 nitrogen and oxygen atoms in total. The molecule has 0 bridgehead atoms. The number of hydrogen-bond donors (Lipinski definition) is 1. The molecule has 2 heterocycles. The Bertz CT molecular complexity index is 573. The highest BCUT2D eigenvalue weighted by atomic mass is 35.5. The van der Waals surface area contributed by atoms with E-state index in [0.29, 0.717) is 0 Å². The number of rotatable bonds is 4. The van der Waals surface area contributed by atoms with Gasteiger partial charge in [0, 0.05) is 37.1 Å². The molecule has 0 aliphatic carbocycles. The van der Waals surface area contributed by atoms with Crippen molar-refractivity contribution in [2.75, 3.05) is 33.3 Å². The lowest BCUT2D eigenvalue weighted by molar-refractivity contribution is 0.233. The summed E-state index contributed by atoms with van der Waals surface area (Å²) in [6.07, 6.45) is 0. The minimum Gasteiger partial charge on any atom is -0.496 e. The molecule has 0 radical (unpaired) electrons. The number of aromatic nitrogens is 1. The molecule has 1 aromatic carbocycles. The number of para-hydroxylation sites is 1. The fraction of sp³-hybridized carbons (Fsp3) is 0.400. The minimum atomic E-state index is 0. The molecule has 122 valence electrons. The van der Waals surface area contributed by atoms with Gasteiger partial charge in [-0.2, -0.15) is 0 Å². The maximum atomic E-state index is 5.40. The first-order chi connectivity index (χ1) is 9.86. The van der Waals surface area contributed by atoms with Crippen LogP contribution in [0, 0.1) is 0 Å². The Morgan fingerprint density at radius 1 is 1.23 bits per heavy atom. The number of hydrogen-bond acceptors (Lipinski definition) is 5. The van der Waals surface area contributed by atoms with Gasteiger partial charge in [-0.1, -0.05) is 12.1 Å². The molecule has 7 heteroatoms. The van der Waals surface area contributed by atoms with E-state index in [4.69, 9.17) is 9.72 Å². The fourth-order valence-electron chi connectivity index (χ4n) is 2.42. The molecular weight excluding hydrogens is 341 g/mol. The lowest BCUT2D eigenvalue weighted by atomic mass is 10.1. The van der Waals surface area contributed by atoms with Gasteiger partial charge in [-0.15, -0.1) is 36.2 Å². The Labute approximate surface area is 147 Å². The number of nitrogens with one attached hydrogen (secondary N) is 1. The molecule has 0 unspecified atom stereocenters. The van der Waals surface area contributed by atoms with Crippen molar-refractivity contribution < 1.29 is 4.74 Å². The molecule has 1 saturated heterocycles. The number of nitrogens with zero attached hydrogens (tertiary/aromatic N) is 2. The van der Waals surface area contributed by atoms with E-state index >= 15 is 0 Å². The standard InChI is InChI=1S/C15H19N3OS.2ClH/c1-19-14-5-3-2-4-12(14)13-11-20-15(17-13)10-18-8-6-16-7-9-18;;/h2-5,11,16H,6-10H2,1H3;2*1H. The first-order valence-electron chi connectivity index (χ1n) is 6.87. The second-order valence-corrected chi connectivity index (χ2v) is 5.80. The Balaban J connectivity index is 0.00000121. The van der Waals surface area contributed by atoms with Crippen LogP contribution in [-0.4, -0.2) is 43.2 Å². The van der Waals surface area contributed by atoms with Gasteiger partial charge in [-0.05, 0) is 12.1 Å². The zero-order valence-electron chi connectivity index (χ0n) is 12.4. The number of benzene rings is 1. The van der Waals surface area contributed by atoms with Gasteiger partial charge in [-0.3, -0.25) is 4.90 Å². The van der Waals surface area contributed by atoms with Crippen LogP contribution in [0.3, 0.4) is 0 Å². The highest BCUT2D eigenvalue weighted by Gasteiger charge is 2.14. The molecule has 1 N–H and O–H groups in total. The fourth-order valence-corrected chi connectivity index (χ4v) is 3.26. The average Bonchev–Trinajstić information content (AvgIpc) is 2.96. The Hall–Kier alpha value is -0.850. The number of piperazine rings is 1. The largest absolute Gasteiger partial charge is 0.496 e. The van der Waals surface area contributed by atoms with Gasteiger partial charge in [0.1, 0.15) is 10.8 Å². The minimum absolute atomic E-state index is 0. The van der Waals surface area contributed by atoms with E-state index in [1.165, 1.54) is 5.01 Å². The normalized spacial score (nSPS) is 14.8. The molecular formula is C15H21Cl2N3OS. The van der Waals surface area contributed by atoms with Gasteiger partial charge in [0.25, 0.3) is 0 Å². The maximum Gasteiger partial charge on any atom is 0.128 e. The number of methoxy groups -OCH3 is 1. The summed E-state index contributed by atoms with van der Waals surface area (Å²) in [6, 6.07) is 8.04. The predicted octanol–water partition coefficient (Wildman–Crippen LogP) is 3.07. The smallest absolute Gasteiger partial charge is 0.128 e. The first-order valence-corrected chi connectivity index (χ1v) is 7.75.